The van der Waals surface area contributed by atoms with Crippen molar-refractivity contribution in [2.75, 3.05) is 13.1 Å². The first-order valence-electron chi connectivity index (χ1n) is 7.87. The summed E-state index contributed by atoms with van der Waals surface area (Å²) in [4.78, 5) is 30.1. The minimum atomic E-state index is -0.861. The van der Waals surface area contributed by atoms with Crippen molar-refractivity contribution in [3.05, 3.63) is 35.7 Å². The minimum absolute atomic E-state index is 0.140. The first kappa shape index (κ1) is 16.2. The van der Waals surface area contributed by atoms with Crippen molar-refractivity contribution in [2.24, 2.45) is 11.8 Å². The third kappa shape index (κ3) is 3.15. The van der Waals surface area contributed by atoms with Crippen LogP contribution in [0, 0.1) is 18.8 Å². The van der Waals surface area contributed by atoms with Gasteiger partial charge in [0.1, 0.15) is 0 Å². The van der Waals surface area contributed by atoms with Gasteiger partial charge in [-0.05, 0) is 31.4 Å². The van der Waals surface area contributed by atoms with E-state index in [-0.39, 0.29) is 24.3 Å². The molecule has 2 aromatic rings. The highest BCUT2D eigenvalue weighted by Gasteiger charge is 2.33. The maximum absolute atomic E-state index is 13.0. The molecule has 1 aromatic carbocycles. The van der Waals surface area contributed by atoms with Gasteiger partial charge in [0.25, 0.3) is 11.8 Å². The van der Waals surface area contributed by atoms with E-state index in [0.29, 0.717) is 29.9 Å². The molecule has 3 rings (SSSR count). The number of carboxylic acid groups (broad SMARTS) is 1. The highest BCUT2D eigenvalue weighted by molar-refractivity contribution is 6.00. The van der Waals surface area contributed by atoms with Crippen LogP contribution in [0.25, 0.3) is 11.5 Å². The number of carboxylic acids is 1. The Morgan fingerprint density at radius 3 is 2.71 bits per heavy atom. The highest BCUT2D eigenvalue weighted by atomic mass is 16.5. The molecule has 2 heterocycles. The highest BCUT2D eigenvalue weighted by Crippen LogP contribution is 2.27. The van der Waals surface area contributed by atoms with Crippen LogP contribution < -0.4 is 0 Å². The standard InChI is InChI=1S/C17H19N3O4/c1-10-7-12(17(22)23)9-20(8-10)16(21)14-6-4-3-5-13(14)15-18-11(2)19-24-15/h3-6,10,12H,7-9H2,1-2H3,(H,22,23). The molecule has 2 atom stereocenters. The number of benzene rings is 1. The fourth-order valence-corrected chi connectivity index (χ4v) is 3.13. The van der Waals surface area contributed by atoms with Crippen LogP contribution in [-0.4, -0.2) is 45.1 Å². The van der Waals surface area contributed by atoms with E-state index in [1.807, 2.05) is 6.92 Å². The van der Waals surface area contributed by atoms with Crippen LogP contribution in [0.1, 0.15) is 29.5 Å². The van der Waals surface area contributed by atoms with Gasteiger partial charge in [0, 0.05) is 13.1 Å². The third-order valence-corrected chi connectivity index (χ3v) is 4.21. The zero-order chi connectivity index (χ0) is 17.3. The molecule has 0 bridgehead atoms. The normalized spacial score (nSPS) is 20.8. The molecule has 1 aliphatic heterocycles. The van der Waals surface area contributed by atoms with Gasteiger partial charge in [-0.15, -0.1) is 0 Å². The second-order valence-electron chi connectivity index (χ2n) is 6.28. The van der Waals surface area contributed by atoms with E-state index in [4.69, 9.17) is 4.52 Å². The molecule has 0 radical (unpaired) electrons. The summed E-state index contributed by atoms with van der Waals surface area (Å²) in [5, 5.41) is 13.1. The fraction of sp³-hybridized carbons (Fsp3) is 0.412. The van der Waals surface area contributed by atoms with Crippen molar-refractivity contribution < 1.29 is 19.2 Å². The van der Waals surface area contributed by atoms with Gasteiger partial charge in [-0.2, -0.15) is 4.98 Å². The number of aryl methyl sites for hydroxylation is 1. The smallest absolute Gasteiger partial charge is 0.308 e. The van der Waals surface area contributed by atoms with Gasteiger partial charge in [-0.25, -0.2) is 0 Å². The number of hydrogen-bond donors (Lipinski definition) is 1. The van der Waals surface area contributed by atoms with E-state index in [1.54, 1.807) is 36.1 Å². The van der Waals surface area contributed by atoms with Crippen molar-refractivity contribution >= 4 is 11.9 Å². The van der Waals surface area contributed by atoms with Gasteiger partial charge in [0.2, 0.25) is 0 Å². The Labute approximate surface area is 139 Å². The molecule has 1 N–H and O–H groups in total. The Balaban J connectivity index is 1.91. The van der Waals surface area contributed by atoms with Gasteiger partial charge in [0.15, 0.2) is 5.82 Å². The zero-order valence-corrected chi connectivity index (χ0v) is 13.6. The molecular weight excluding hydrogens is 310 g/mol. The Hall–Kier alpha value is -2.70. The van der Waals surface area contributed by atoms with E-state index < -0.39 is 11.9 Å². The third-order valence-electron chi connectivity index (χ3n) is 4.21. The molecule has 0 spiro atoms. The van der Waals surface area contributed by atoms with Gasteiger partial charge < -0.3 is 14.5 Å². The number of carbonyl (C=O) groups excluding carboxylic acids is 1. The number of piperidine rings is 1. The van der Waals surface area contributed by atoms with E-state index in [9.17, 15) is 14.7 Å². The van der Waals surface area contributed by atoms with Crippen molar-refractivity contribution in [3.63, 3.8) is 0 Å². The topological polar surface area (TPSA) is 96.5 Å². The molecule has 126 valence electrons. The summed E-state index contributed by atoms with van der Waals surface area (Å²) < 4.78 is 5.18. The lowest BCUT2D eigenvalue weighted by atomic mass is 9.90. The number of hydrogen-bond acceptors (Lipinski definition) is 5. The Kier molecular flexibility index (Phi) is 4.33. The first-order chi connectivity index (χ1) is 11.5. The molecule has 7 nitrogen and oxygen atoms in total. The monoisotopic (exact) mass is 329 g/mol. The van der Waals surface area contributed by atoms with E-state index in [1.165, 1.54) is 0 Å². The van der Waals surface area contributed by atoms with Crippen LogP contribution >= 0.6 is 0 Å². The summed E-state index contributed by atoms with van der Waals surface area (Å²) in [6.45, 7) is 4.43. The predicted octanol–water partition coefficient (Wildman–Crippen LogP) is 2.23. The fourth-order valence-electron chi connectivity index (χ4n) is 3.13. The van der Waals surface area contributed by atoms with Crippen LogP contribution in [0.15, 0.2) is 28.8 Å². The average Bonchev–Trinajstić information content (AvgIpc) is 3.00. The molecule has 1 saturated heterocycles. The maximum Gasteiger partial charge on any atom is 0.308 e. The summed E-state index contributed by atoms with van der Waals surface area (Å²) in [5.74, 6) is -0.683. The number of rotatable bonds is 3. The van der Waals surface area contributed by atoms with Crippen LogP contribution in [0.2, 0.25) is 0 Å². The van der Waals surface area contributed by atoms with Crippen LogP contribution in [0.3, 0.4) is 0 Å². The minimum Gasteiger partial charge on any atom is -0.481 e. The van der Waals surface area contributed by atoms with Gasteiger partial charge in [-0.3, -0.25) is 9.59 Å². The summed E-state index contributed by atoms with van der Waals surface area (Å²) in [5.41, 5.74) is 1.01. The van der Waals surface area contributed by atoms with Crippen molar-refractivity contribution in [3.8, 4) is 11.5 Å². The summed E-state index contributed by atoms with van der Waals surface area (Å²) in [6.07, 6.45) is 0.587. The number of nitrogens with zero attached hydrogens (tertiary/aromatic N) is 3. The zero-order valence-electron chi connectivity index (χ0n) is 13.6. The number of aromatic nitrogens is 2. The first-order valence-corrected chi connectivity index (χ1v) is 7.87. The second-order valence-corrected chi connectivity index (χ2v) is 6.28. The number of aliphatic carboxylic acids is 1. The van der Waals surface area contributed by atoms with Crippen LogP contribution in [-0.2, 0) is 4.79 Å². The summed E-state index contributed by atoms with van der Waals surface area (Å²) in [7, 11) is 0. The maximum atomic E-state index is 13.0. The van der Waals surface area contributed by atoms with Gasteiger partial charge in [-0.1, -0.05) is 24.2 Å². The van der Waals surface area contributed by atoms with E-state index in [2.05, 4.69) is 10.1 Å². The number of carbonyl (C=O) groups is 2. The van der Waals surface area contributed by atoms with Gasteiger partial charge >= 0.3 is 5.97 Å². The lowest BCUT2D eigenvalue weighted by molar-refractivity contribution is -0.143. The van der Waals surface area contributed by atoms with E-state index in [0.717, 1.165) is 0 Å². The Bertz CT molecular complexity index is 771. The summed E-state index contributed by atoms with van der Waals surface area (Å²) >= 11 is 0. The number of amides is 1. The summed E-state index contributed by atoms with van der Waals surface area (Å²) in [6, 6.07) is 7.01. The molecule has 2 unspecified atom stereocenters. The second kappa shape index (κ2) is 6.43. The molecule has 1 fully saturated rings. The largest absolute Gasteiger partial charge is 0.481 e. The Morgan fingerprint density at radius 1 is 1.29 bits per heavy atom. The molecule has 1 amide bonds. The lowest BCUT2D eigenvalue weighted by Gasteiger charge is -2.35. The van der Waals surface area contributed by atoms with Crippen LogP contribution in [0.5, 0.6) is 0 Å². The molecule has 1 aliphatic rings. The molecule has 24 heavy (non-hydrogen) atoms. The quantitative estimate of drug-likeness (QED) is 0.927. The Morgan fingerprint density at radius 2 is 2.04 bits per heavy atom. The van der Waals surface area contributed by atoms with Crippen molar-refractivity contribution in [1.82, 2.24) is 15.0 Å². The van der Waals surface area contributed by atoms with Crippen molar-refractivity contribution in [2.45, 2.75) is 20.3 Å². The van der Waals surface area contributed by atoms with Crippen LogP contribution in [0.4, 0.5) is 0 Å². The van der Waals surface area contributed by atoms with E-state index >= 15 is 0 Å². The average molecular weight is 329 g/mol. The molecule has 1 aromatic heterocycles. The SMILES string of the molecule is Cc1noc(-c2ccccc2C(=O)N2CC(C)CC(C(=O)O)C2)n1. The lowest BCUT2D eigenvalue weighted by Crippen LogP contribution is -2.45. The predicted molar refractivity (Wildman–Crippen MR) is 85.3 cm³/mol. The molecular formula is C17H19N3O4. The number of likely N-dealkylation sites (tertiary alicyclic amines) is 1. The molecule has 0 saturated carbocycles. The molecule has 0 aliphatic carbocycles. The van der Waals surface area contributed by atoms with Crippen molar-refractivity contribution in [1.29, 1.82) is 0 Å². The van der Waals surface area contributed by atoms with Gasteiger partial charge in [0.05, 0.1) is 17.0 Å². The molecule has 7 heteroatoms.